The molecule has 0 bridgehead atoms. The molecule has 20 heavy (non-hydrogen) atoms. The fraction of sp³-hybridized carbons (Fsp3) is 1.00. The van der Waals surface area contributed by atoms with Gasteiger partial charge in [-0.3, -0.25) is 0 Å². The summed E-state index contributed by atoms with van der Waals surface area (Å²) in [6.07, 6.45) is 8.91. The summed E-state index contributed by atoms with van der Waals surface area (Å²) in [6, 6.07) is 1.12. The number of aliphatic hydroxyl groups is 1. The summed E-state index contributed by atoms with van der Waals surface area (Å²) in [5.74, 6) is 0.963. The van der Waals surface area contributed by atoms with Crippen LogP contribution in [0.1, 0.15) is 65.7 Å². The molecule has 3 heteroatoms. The second kappa shape index (κ2) is 7.24. The highest BCUT2D eigenvalue weighted by Gasteiger charge is 2.39. The third-order valence-electron chi connectivity index (χ3n) is 4.93. The summed E-state index contributed by atoms with van der Waals surface area (Å²) in [4.78, 5) is 2.73. The van der Waals surface area contributed by atoms with Gasteiger partial charge in [0.1, 0.15) is 0 Å². The van der Waals surface area contributed by atoms with Crippen LogP contribution in [0.25, 0.3) is 0 Å². The minimum atomic E-state index is -0.0351. The molecule has 3 nitrogen and oxygen atoms in total. The molecule has 2 atom stereocenters. The molecule has 0 heterocycles. The molecule has 0 amide bonds. The highest BCUT2D eigenvalue weighted by Crippen LogP contribution is 2.35. The van der Waals surface area contributed by atoms with E-state index in [0.29, 0.717) is 12.1 Å². The summed E-state index contributed by atoms with van der Waals surface area (Å²) >= 11 is 0. The average Bonchev–Trinajstić information content (AvgIpc) is 3.22. The van der Waals surface area contributed by atoms with E-state index >= 15 is 0 Å². The van der Waals surface area contributed by atoms with Crippen LogP contribution < -0.4 is 5.32 Å². The van der Waals surface area contributed by atoms with Gasteiger partial charge in [-0.2, -0.15) is 0 Å². The Morgan fingerprint density at radius 3 is 2.60 bits per heavy atom. The first kappa shape index (κ1) is 16.3. The number of aliphatic hydroxyl groups excluding tert-OH is 1. The van der Waals surface area contributed by atoms with Gasteiger partial charge in [0.2, 0.25) is 0 Å². The SMILES string of the molecule is CCCN(CC1CC1)C1CCCC(CO)(NC(C)C)C1. The third kappa shape index (κ3) is 4.44. The molecule has 2 N–H and O–H groups in total. The van der Waals surface area contributed by atoms with Crippen molar-refractivity contribution >= 4 is 0 Å². The van der Waals surface area contributed by atoms with Crippen LogP contribution in [0.5, 0.6) is 0 Å². The zero-order valence-corrected chi connectivity index (χ0v) is 13.7. The van der Waals surface area contributed by atoms with E-state index < -0.39 is 0 Å². The zero-order valence-electron chi connectivity index (χ0n) is 13.7. The van der Waals surface area contributed by atoms with Gasteiger partial charge in [0.15, 0.2) is 0 Å². The molecule has 118 valence electrons. The normalized spacial score (nSPS) is 31.2. The standard InChI is InChI=1S/C17H34N2O/c1-4-10-19(12-15-7-8-15)16-6-5-9-17(11-16,13-20)18-14(2)3/h14-16,18,20H,4-13H2,1-3H3. The number of nitrogens with one attached hydrogen (secondary N) is 1. The summed E-state index contributed by atoms with van der Waals surface area (Å²) < 4.78 is 0. The first-order valence-electron chi connectivity index (χ1n) is 8.71. The fourth-order valence-electron chi connectivity index (χ4n) is 3.92. The molecular formula is C17H34N2O. The van der Waals surface area contributed by atoms with Gasteiger partial charge < -0.3 is 15.3 Å². The molecule has 0 aromatic carbocycles. The van der Waals surface area contributed by atoms with Crippen molar-refractivity contribution in [3.63, 3.8) is 0 Å². The Balaban J connectivity index is 1.98. The first-order chi connectivity index (χ1) is 9.58. The summed E-state index contributed by atoms with van der Waals surface area (Å²) in [7, 11) is 0. The molecule has 0 radical (unpaired) electrons. The highest BCUT2D eigenvalue weighted by atomic mass is 16.3. The van der Waals surface area contributed by atoms with Crippen molar-refractivity contribution in [1.82, 2.24) is 10.2 Å². The maximum absolute atomic E-state index is 9.93. The van der Waals surface area contributed by atoms with Crippen LogP contribution >= 0.6 is 0 Å². The molecule has 2 saturated carbocycles. The van der Waals surface area contributed by atoms with E-state index in [-0.39, 0.29) is 12.1 Å². The Morgan fingerprint density at radius 1 is 1.30 bits per heavy atom. The van der Waals surface area contributed by atoms with Gasteiger partial charge in [-0.25, -0.2) is 0 Å². The van der Waals surface area contributed by atoms with E-state index in [1.807, 2.05) is 0 Å². The van der Waals surface area contributed by atoms with Crippen LogP contribution in [-0.2, 0) is 0 Å². The lowest BCUT2D eigenvalue weighted by Gasteiger charge is -2.45. The van der Waals surface area contributed by atoms with Crippen LogP contribution in [-0.4, -0.2) is 47.3 Å². The Labute approximate surface area is 125 Å². The van der Waals surface area contributed by atoms with E-state index in [4.69, 9.17) is 0 Å². The Hall–Kier alpha value is -0.120. The summed E-state index contributed by atoms with van der Waals surface area (Å²) in [6.45, 7) is 9.47. The predicted molar refractivity (Wildman–Crippen MR) is 84.9 cm³/mol. The quantitative estimate of drug-likeness (QED) is 0.718. The van der Waals surface area contributed by atoms with E-state index in [9.17, 15) is 5.11 Å². The molecule has 2 unspecified atom stereocenters. The number of rotatable bonds is 8. The van der Waals surface area contributed by atoms with Gasteiger partial charge in [0.25, 0.3) is 0 Å². The van der Waals surface area contributed by atoms with E-state index in [0.717, 1.165) is 18.8 Å². The van der Waals surface area contributed by atoms with E-state index in [1.165, 1.54) is 45.2 Å². The van der Waals surface area contributed by atoms with Gasteiger partial charge in [-0.15, -0.1) is 0 Å². The Morgan fingerprint density at radius 2 is 2.05 bits per heavy atom. The lowest BCUT2D eigenvalue weighted by molar-refractivity contribution is 0.0520. The van der Waals surface area contributed by atoms with Crippen molar-refractivity contribution < 1.29 is 5.11 Å². The van der Waals surface area contributed by atoms with E-state index in [1.54, 1.807) is 0 Å². The second-order valence-corrected chi connectivity index (χ2v) is 7.43. The topological polar surface area (TPSA) is 35.5 Å². The van der Waals surface area contributed by atoms with Crippen LogP contribution in [0, 0.1) is 5.92 Å². The van der Waals surface area contributed by atoms with Gasteiger partial charge in [0.05, 0.1) is 6.61 Å². The molecule has 0 saturated heterocycles. The maximum Gasteiger partial charge on any atom is 0.0613 e. The number of hydrogen-bond donors (Lipinski definition) is 2. The first-order valence-corrected chi connectivity index (χ1v) is 8.71. The molecule has 2 rings (SSSR count). The minimum Gasteiger partial charge on any atom is -0.394 e. The third-order valence-corrected chi connectivity index (χ3v) is 4.93. The average molecular weight is 282 g/mol. The summed E-state index contributed by atoms with van der Waals surface area (Å²) in [5.41, 5.74) is -0.0351. The van der Waals surface area contributed by atoms with Gasteiger partial charge in [0, 0.05) is 24.2 Å². The highest BCUT2D eigenvalue weighted by molar-refractivity contribution is 4.97. The zero-order chi connectivity index (χ0) is 14.6. The van der Waals surface area contributed by atoms with Gasteiger partial charge >= 0.3 is 0 Å². The largest absolute Gasteiger partial charge is 0.394 e. The molecule has 2 aliphatic carbocycles. The van der Waals surface area contributed by atoms with Gasteiger partial charge in [-0.1, -0.05) is 20.8 Å². The number of hydrogen-bond acceptors (Lipinski definition) is 3. The predicted octanol–water partition coefficient (Wildman–Crippen LogP) is 2.78. The van der Waals surface area contributed by atoms with Crippen molar-refractivity contribution in [2.45, 2.75) is 83.3 Å². The number of nitrogens with zero attached hydrogens (tertiary/aromatic N) is 1. The molecular weight excluding hydrogens is 248 g/mol. The van der Waals surface area contributed by atoms with Crippen molar-refractivity contribution in [2.24, 2.45) is 5.92 Å². The molecule has 0 spiro atoms. The van der Waals surface area contributed by atoms with E-state index in [2.05, 4.69) is 31.0 Å². The second-order valence-electron chi connectivity index (χ2n) is 7.43. The van der Waals surface area contributed by atoms with Crippen LogP contribution in [0.4, 0.5) is 0 Å². The summed E-state index contributed by atoms with van der Waals surface area (Å²) in [5, 5.41) is 13.6. The van der Waals surface area contributed by atoms with Crippen molar-refractivity contribution in [2.75, 3.05) is 19.7 Å². The van der Waals surface area contributed by atoms with Crippen molar-refractivity contribution in [3.05, 3.63) is 0 Å². The molecule has 0 aliphatic heterocycles. The Bertz CT molecular complexity index is 291. The van der Waals surface area contributed by atoms with Crippen LogP contribution in [0.15, 0.2) is 0 Å². The van der Waals surface area contributed by atoms with Gasteiger partial charge in [-0.05, 0) is 57.4 Å². The maximum atomic E-state index is 9.93. The molecule has 0 aromatic rings. The fourth-order valence-corrected chi connectivity index (χ4v) is 3.92. The smallest absolute Gasteiger partial charge is 0.0613 e. The van der Waals surface area contributed by atoms with Crippen LogP contribution in [0.3, 0.4) is 0 Å². The molecule has 0 aromatic heterocycles. The lowest BCUT2D eigenvalue weighted by Crippen LogP contribution is -2.57. The lowest BCUT2D eigenvalue weighted by atomic mass is 9.78. The Kier molecular flexibility index (Phi) is 5.88. The van der Waals surface area contributed by atoms with Crippen molar-refractivity contribution in [3.8, 4) is 0 Å². The minimum absolute atomic E-state index is 0.0351. The van der Waals surface area contributed by atoms with Crippen molar-refractivity contribution in [1.29, 1.82) is 0 Å². The van der Waals surface area contributed by atoms with Crippen LogP contribution in [0.2, 0.25) is 0 Å². The molecule has 2 fully saturated rings. The monoisotopic (exact) mass is 282 g/mol. The molecule has 2 aliphatic rings.